The number of rotatable bonds is 8. The highest BCUT2D eigenvalue weighted by molar-refractivity contribution is 7.99. The Balaban J connectivity index is 1.87. The summed E-state index contributed by atoms with van der Waals surface area (Å²) < 4.78 is 2.02. The van der Waals surface area contributed by atoms with Crippen molar-refractivity contribution in [1.29, 1.82) is 0 Å². The van der Waals surface area contributed by atoms with Gasteiger partial charge < -0.3 is 10.0 Å². The van der Waals surface area contributed by atoms with Gasteiger partial charge in [0.25, 0.3) is 0 Å². The number of nitrogens with zero attached hydrogens (tertiary/aromatic N) is 3. The Morgan fingerprint density at radius 3 is 2.41 bits per heavy atom. The van der Waals surface area contributed by atoms with Crippen LogP contribution < -0.4 is 0 Å². The molecule has 2 aromatic carbocycles. The van der Waals surface area contributed by atoms with Crippen molar-refractivity contribution in [3.05, 3.63) is 66.9 Å². The number of carbonyl (C=O) groups excluding carboxylic acids is 1. The first-order valence-corrected chi connectivity index (χ1v) is 9.93. The summed E-state index contributed by atoms with van der Waals surface area (Å²) in [4.78, 5) is 18.8. The standard InChI is InChI=1S/C21H23N3O2S/c1-2-23(13-14-25)20(26)16-27-21-22-19(17-9-5-3-6-10-17)15-24(21)18-11-7-4-8-12-18/h3-12,15,25H,2,13-14,16H2,1H3. The predicted molar refractivity (Wildman–Crippen MR) is 109 cm³/mol. The summed E-state index contributed by atoms with van der Waals surface area (Å²) in [6.45, 7) is 2.83. The summed E-state index contributed by atoms with van der Waals surface area (Å²) >= 11 is 1.41. The largest absolute Gasteiger partial charge is 0.395 e. The minimum Gasteiger partial charge on any atom is -0.395 e. The number of aliphatic hydroxyl groups excluding tert-OH is 1. The zero-order valence-corrected chi connectivity index (χ0v) is 16.1. The average molecular weight is 382 g/mol. The van der Waals surface area contributed by atoms with Crippen molar-refractivity contribution in [2.75, 3.05) is 25.4 Å². The van der Waals surface area contributed by atoms with Gasteiger partial charge in [-0.3, -0.25) is 9.36 Å². The first-order valence-electron chi connectivity index (χ1n) is 8.94. The molecule has 1 N–H and O–H groups in total. The van der Waals surface area contributed by atoms with Crippen molar-refractivity contribution in [3.8, 4) is 16.9 Å². The van der Waals surface area contributed by atoms with Crippen LogP contribution in [-0.4, -0.2) is 50.9 Å². The van der Waals surface area contributed by atoms with E-state index in [4.69, 9.17) is 10.1 Å². The lowest BCUT2D eigenvalue weighted by Crippen LogP contribution is -2.34. The second-order valence-electron chi connectivity index (χ2n) is 5.97. The van der Waals surface area contributed by atoms with Crippen molar-refractivity contribution >= 4 is 17.7 Å². The fraction of sp³-hybridized carbons (Fsp3) is 0.238. The van der Waals surface area contributed by atoms with Crippen LogP contribution in [0.25, 0.3) is 16.9 Å². The van der Waals surface area contributed by atoms with E-state index in [2.05, 4.69) is 0 Å². The van der Waals surface area contributed by atoms with Crippen molar-refractivity contribution in [2.24, 2.45) is 0 Å². The van der Waals surface area contributed by atoms with Gasteiger partial charge in [-0.05, 0) is 19.1 Å². The van der Waals surface area contributed by atoms with Gasteiger partial charge in [-0.15, -0.1) is 0 Å². The molecule has 0 spiro atoms. The Morgan fingerprint density at radius 2 is 1.78 bits per heavy atom. The lowest BCUT2D eigenvalue weighted by atomic mass is 10.2. The maximum Gasteiger partial charge on any atom is 0.233 e. The van der Waals surface area contributed by atoms with Crippen molar-refractivity contribution in [3.63, 3.8) is 0 Å². The van der Waals surface area contributed by atoms with E-state index in [1.807, 2.05) is 78.4 Å². The molecule has 0 aliphatic carbocycles. The van der Waals surface area contributed by atoms with Crippen LogP contribution in [0, 0.1) is 0 Å². The minimum atomic E-state index is -0.0267. The molecule has 0 bridgehead atoms. The van der Waals surface area contributed by atoms with E-state index in [0.29, 0.717) is 13.1 Å². The third-order valence-corrected chi connectivity index (χ3v) is 5.14. The van der Waals surface area contributed by atoms with Crippen molar-refractivity contribution < 1.29 is 9.90 Å². The third kappa shape index (κ3) is 4.78. The Labute approximate surface area is 163 Å². The molecule has 1 amide bonds. The number of hydrogen-bond donors (Lipinski definition) is 1. The molecule has 1 heterocycles. The number of hydrogen-bond acceptors (Lipinski definition) is 4. The number of aliphatic hydroxyl groups is 1. The molecule has 0 fully saturated rings. The summed E-state index contributed by atoms with van der Waals surface area (Å²) in [5.74, 6) is 0.284. The van der Waals surface area contributed by atoms with Crippen LogP contribution in [0.3, 0.4) is 0 Å². The molecule has 5 nitrogen and oxygen atoms in total. The number of aromatic nitrogens is 2. The average Bonchev–Trinajstić information content (AvgIpc) is 3.16. The summed E-state index contributed by atoms with van der Waals surface area (Å²) in [6.07, 6.45) is 2.00. The lowest BCUT2D eigenvalue weighted by Gasteiger charge is -2.19. The zero-order chi connectivity index (χ0) is 19.1. The fourth-order valence-electron chi connectivity index (χ4n) is 2.78. The third-order valence-electron chi connectivity index (χ3n) is 4.21. The number of imidazole rings is 1. The summed E-state index contributed by atoms with van der Waals surface area (Å²) in [7, 11) is 0. The number of amides is 1. The van der Waals surface area contributed by atoms with E-state index in [-0.39, 0.29) is 18.3 Å². The molecule has 3 rings (SSSR count). The molecule has 1 aromatic heterocycles. The van der Waals surface area contributed by atoms with Gasteiger partial charge in [-0.25, -0.2) is 4.98 Å². The van der Waals surface area contributed by atoms with E-state index in [1.165, 1.54) is 11.8 Å². The number of para-hydroxylation sites is 1. The Bertz CT molecular complexity index is 866. The Kier molecular flexibility index (Phi) is 6.68. The maximum atomic E-state index is 12.4. The topological polar surface area (TPSA) is 58.4 Å². The van der Waals surface area contributed by atoms with Crippen LogP contribution in [0.1, 0.15) is 6.92 Å². The van der Waals surface area contributed by atoms with Crippen LogP contribution in [0.15, 0.2) is 72.0 Å². The highest BCUT2D eigenvalue weighted by atomic mass is 32.2. The summed E-state index contributed by atoms with van der Waals surface area (Å²) in [5, 5.41) is 9.88. The minimum absolute atomic E-state index is 0.000391. The van der Waals surface area contributed by atoms with Gasteiger partial charge in [0, 0.05) is 30.5 Å². The van der Waals surface area contributed by atoms with E-state index < -0.39 is 0 Å². The highest BCUT2D eigenvalue weighted by Gasteiger charge is 2.16. The molecule has 27 heavy (non-hydrogen) atoms. The molecular formula is C21H23N3O2S. The van der Waals surface area contributed by atoms with Gasteiger partial charge in [-0.2, -0.15) is 0 Å². The van der Waals surface area contributed by atoms with Gasteiger partial charge in [-0.1, -0.05) is 60.3 Å². The zero-order valence-electron chi connectivity index (χ0n) is 15.3. The fourth-order valence-corrected chi connectivity index (χ4v) is 3.68. The Morgan fingerprint density at radius 1 is 1.11 bits per heavy atom. The summed E-state index contributed by atoms with van der Waals surface area (Å²) in [5.41, 5.74) is 2.91. The second-order valence-corrected chi connectivity index (χ2v) is 6.91. The molecule has 0 saturated heterocycles. The first-order chi connectivity index (χ1) is 13.2. The van der Waals surface area contributed by atoms with E-state index in [9.17, 15) is 4.79 Å². The number of carbonyl (C=O) groups is 1. The molecule has 6 heteroatoms. The van der Waals surface area contributed by atoms with Gasteiger partial charge in [0.2, 0.25) is 5.91 Å². The first kappa shape index (κ1) is 19.2. The van der Waals surface area contributed by atoms with Crippen LogP contribution in [0.4, 0.5) is 0 Å². The van der Waals surface area contributed by atoms with Crippen molar-refractivity contribution in [2.45, 2.75) is 12.1 Å². The molecule has 0 aliphatic rings. The predicted octanol–water partition coefficient (Wildman–Crippen LogP) is 3.47. The van der Waals surface area contributed by atoms with Crippen LogP contribution in [0.5, 0.6) is 0 Å². The smallest absolute Gasteiger partial charge is 0.233 e. The summed E-state index contributed by atoms with van der Waals surface area (Å²) in [6, 6.07) is 20.0. The maximum absolute atomic E-state index is 12.4. The lowest BCUT2D eigenvalue weighted by molar-refractivity contribution is -0.128. The SMILES string of the molecule is CCN(CCO)C(=O)CSc1nc(-c2ccccc2)cn1-c1ccccc1. The van der Waals surface area contributed by atoms with Gasteiger partial charge >= 0.3 is 0 Å². The van der Waals surface area contributed by atoms with E-state index in [1.54, 1.807) is 4.90 Å². The molecule has 0 radical (unpaired) electrons. The van der Waals surface area contributed by atoms with E-state index in [0.717, 1.165) is 22.1 Å². The van der Waals surface area contributed by atoms with Gasteiger partial charge in [0.1, 0.15) is 0 Å². The normalized spacial score (nSPS) is 10.7. The molecule has 0 aliphatic heterocycles. The monoisotopic (exact) mass is 381 g/mol. The molecule has 0 unspecified atom stereocenters. The molecule has 0 saturated carbocycles. The molecular weight excluding hydrogens is 358 g/mol. The van der Waals surface area contributed by atoms with Crippen molar-refractivity contribution in [1.82, 2.24) is 14.5 Å². The number of benzene rings is 2. The quantitative estimate of drug-likeness (QED) is 0.607. The van der Waals surface area contributed by atoms with Crippen LogP contribution >= 0.6 is 11.8 Å². The second kappa shape index (κ2) is 9.39. The van der Waals surface area contributed by atoms with Gasteiger partial charge in [0.15, 0.2) is 5.16 Å². The van der Waals surface area contributed by atoms with Gasteiger partial charge in [0.05, 0.1) is 18.1 Å². The highest BCUT2D eigenvalue weighted by Crippen LogP contribution is 2.27. The van der Waals surface area contributed by atoms with E-state index >= 15 is 0 Å². The molecule has 0 atom stereocenters. The number of thioether (sulfide) groups is 1. The Hall–Kier alpha value is -2.57. The van der Waals surface area contributed by atoms with Crippen LogP contribution in [0.2, 0.25) is 0 Å². The molecule has 3 aromatic rings. The molecule has 140 valence electrons. The number of likely N-dealkylation sites (N-methyl/N-ethyl adjacent to an activating group) is 1. The van der Waals surface area contributed by atoms with Crippen LogP contribution in [-0.2, 0) is 4.79 Å².